The second-order valence-electron chi connectivity index (χ2n) is 7.92. The number of carboxylic acids is 1. The van der Waals surface area contributed by atoms with Crippen LogP contribution in [0.1, 0.15) is 115 Å². The summed E-state index contributed by atoms with van der Waals surface area (Å²) in [5.74, 6) is -0.465. The van der Waals surface area contributed by atoms with E-state index in [1.165, 1.54) is 77.0 Å². The Bertz CT molecular complexity index is 481. The minimum absolute atomic E-state index is 0.0517. The van der Waals surface area contributed by atoms with Gasteiger partial charge in [0.25, 0.3) is 0 Å². The number of aliphatic carboxylic acids is 1. The number of phenols is 1. The lowest BCUT2D eigenvalue weighted by atomic mass is 9.90. The molecule has 0 fully saturated rings. The van der Waals surface area contributed by atoms with Gasteiger partial charge in [-0.05, 0) is 30.0 Å². The molecule has 1 unspecified atom stereocenters. The summed E-state index contributed by atoms with van der Waals surface area (Å²) >= 11 is 0. The summed E-state index contributed by atoms with van der Waals surface area (Å²) in [6, 6.07) is 7.00. The first-order chi connectivity index (χ1) is 13.1. The first-order valence-corrected chi connectivity index (χ1v) is 11.1. The molecule has 0 amide bonds. The third-order valence-electron chi connectivity index (χ3n) is 5.44. The molecule has 0 aliphatic rings. The zero-order chi connectivity index (χ0) is 19.7. The third kappa shape index (κ3) is 12.5. The molecule has 0 aliphatic carbocycles. The van der Waals surface area contributed by atoms with Crippen molar-refractivity contribution in [1.82, 2.24) is 0 Å². The van der Waals surface area contributed by atoms with E-state index in [0.29, 0.717) is 0 Å². The van der Waals surface area contributed by atoms with Crippen molar-refractivity contribution in [3.63, 3.8) is 0 Å². The topological polar surface area (TPSA) is 57.5 Å². The van der Waals surface area contributed by atoms with Crippen LogP contribution in [-0.2, 0) is 4.79 Å². The molecule has 0 heterocycles. The summed E-state index contributed by atoms with van der Waals surface area (Å²) in [5, 5.41) is 18.6. The first-order valence-electron chi connectivity index (χ1n) is 11.1. The smallest absolute Gasteiger partial charge is 0.303 e. The normalized spacial score (nSPS) is 12.2. The van der Waals surface area contributed by atoms with Crippen molar-refractivity contribution >= 4 is 5.97 Å². The van der Waals surface area contributed by atoms with Crippen LogP contribution < -0.4 is 0 Å². The van der Waals surface area contributed by atoms with Gasteiger partial charge in [0.05, 0.1) is 6.42 Å². The lowest BCUT2D eigenvalue weighted by molar-refractivity contribution is -0.137. The highest BCUT2D eigenvalue weighted by atomic mass is 16.4. The van der Waals surface area contributed by atoms with Crippen molar-refractivity contribution in [2.24, 2.45) is 0 Å². The van der Waals surface area contributed by atoms with Gasteiger partial charge >= 0.3 is 5.97 Å². The molecular formula is C24H40O3. The third-order valence-corrected chi connectivity index (χ3v) is 5.44. The molecule has 1 rings (SSSR count). The van der Waals surface area contributed by atoms with Crippen molar-refractivity contribution in [3.05, 3.63) is 29.8 Å². The molecule has 0 spiro atoms. The molecule has 3 nitrogen and oxygen atoms in total. The number of benzene rings is 1. The van der Waals surface area contributed by atoms with Crippen molar-refractivity contribution in [1.29, 1.82) is 0 Å². The molecule has 3 heteroatoms. The van der Waals surface area contributed by atoms with Crippen LogP contribution in [0.15, 0.2) is 24.3 Å². The minimum atomic E-state index is -0.747. The average molecular weight is 377 g/mol. The van der Waals surface area contributed by atoms with Gasteiger partial charge in [-0.2, -0.15) is 0 Å². The van der Waals surface area contributed by atoms with Crippen molar-refractivity contribution < 1.29 is 15.0 Å². The largest absolute Gasteiger partial charge is 0.508 e. The van der Waals surface area contributed by atoms with E-state index in [-0.39, 0.29) is 18.1 Å². The fourth-order valence-corrected chi connectivity index (χ4v) is 3.75. The Labute approximate surface area is 166 Å². The Morgan fingerprint density at radius 1 is 0.778 bits per heavy atom. The molecular weight excluding hydrogens is 336 g/mol. The molecule has 1 aromatic carbocycles. The van der Waals surface area contributed by atoms with Crippen LogP contribution in [0.2, 0.25) is 0 Å². The van der Waals surface area contributed by atoms with Gasteiger partial charge in [-0.15, -0.1) is 0 Å². The highest BCUT2D eigenvalue weighted by Crippen LogP contribution is 2.27. The van der Waals surface area contributed by atoms with Crippen molar-refractivity contribution in [2.75, 3.05) is 0 Å². The van der Waals surface area contributed by atoms with Crippen LogP contribution in [0.3, 0.4) is 0 Å². The van der Waals surface area contributed by atoms with Gasteiger partial charge in [-0.1, -0.05) is 103 Å². The van der Waals surface area contributed by atoms with Crippen LogP contribution in [-0.4, -0.2) is 16.2 Å². The standard InChI is InChI=1S/C24H40O3/c1-2-3-4-5-6-7-8-9-10-11-12-13-14-15-22(20-24(26)27)21-16-18-23(25)19-17-21/h16-19,22,25H,2-15,20H2,1H3,(H,26,27). The molecule has 0 saturated heterocycles. The number of carboxylic acid groups (broad SMARTS) is 1. The van der Waals surface area contributed by atoms with Gasteiger partial charge in [0.15, 0.2) is 0 Å². The summed E-state index contributed by atoms with van der Waals surface area (Å²) in [6.45, 7) is 2.26. The van der Waals surface area contributed by atoms with Crippen LogP contribution >= 0.6 is 0 Å². The quantitative estimate of drug-likeness (QED) is 0.278. The molecule has 154 valence electrons. The summed E-state index contributed by atoms with van der Waals surface area (Å²) in [7, 11) is 0. The molecule has 0 bridgehead atoms. The van der Waals surface area contributed by atoms with Crippen LogP contribution in [0.5, 0.6) is 5.75 Å². The highest BCUT2D eigenvalue weighted by Gasteiger charge is 2.15. The summed E-state index contributed by atoms with van der Waals surface area (Å²) in [5.41, 5.74) is 1.02. The van der Waals surface area contributed by atoms with E-state index >= 15 is 0 Å². The van der Waals surface area contributed by atoms with Crippen molar-refractivity contribution in [3.8, 4) is 5.75 Å². The zero-order valence-electron chi connectivity index (χ0n) is 17.3. The number of hydrogen-bond donors (Lipinski definition) is 2. The maximum atomic E-state index is 11.1. The van der Waals surface area contributed by atoms with E-state index in [0.717, 1.165) is 18.4 Å². The molecule has 1 aromatic rings. The summed E-state index contributed by atoms with van der Waals surface area (Å²) < 4.78 is 0. The second kappa shape index (κ2) is 15.5. The molecule has 1 atom stereocenters. The molecule has 27 heavy (non-hydrogen) atoms. The van der Waals surface area contributed by atoms with Crippen LogP contribution in [0.25, 0.3) is 0 Å². The highest BCUT2D eigenvalue weighted by molar-refractivity contribution is 5.68. The molecule has 2 N–H and O–H groups in total. The number of phenolic OH excluding ortho intramolecular Hbond substituents is 1. The Balaban J connectivity index is 2.06. The number of hydrogen-bond acceptors (Lipinski definition) is 2. The maximum absolute atomic E-state index is 11.1. The number of aromatic hydroxyl groups is 1. The van der Waals surface area contributed by atoms with Gasteiger partial charge in [-0.3, -0.25) is 4.79 Å². The van der Waals surface area contributed by atoms with E-state index in [4.69, 9.17) is 5.11 Å². The molecule has 0 aromatic heterocycles. The fourth-order valence-electron chi connectivity index (χ4n) is 3.75. The number of unbranched alkanes of at least 4 members (excludes halogenated alkanes) is 12. The second-order valence-corrected chi connectivity index (χ2v) is 7.92. The summed E-state index contributed by atoms with van der Waals surface area (Å²) in [6.07, 6.45) is 18.3. The lowest BCUT2D eigenvalue weighted by Crippen LogP contribution is -2.06. The Hall–Kier alpha value is -1.51. The Morgan fingerprint density at radius 2 is 1.22 bits per heavy atom. The van der Waals surface area contributed by atoms with Gasteiger partial charge in [-0.25, -0.2) is 0 Å². The predicted molar refractivity (Wildman–Crippen MR) is 113 cm³/mol. The number of rotatable bonds is 17. The van der Waals surface area contributed by atoms with Crippen LogP contribution in [0, 0.1) is 0 Å². The Morgan fingerprint density at radius 3 is 1.67 bits per heavy atom. The zero-order valence-corrected chi connectivity index (χ0v) is 17.3. The van der Waals surface area contributed by atoms with Crippen LogP contribution in [0.4, 0.5) is 0 Å². The Kier molecular flexibility index (Phi) is 13.5. The minimum Gasteiger partial charge on any atom is -0.508 e. The van der Waals surface area contributed by atoms with Gasteiger partial charge in [0.2, 0.25) is 0 Å². The first kappa shape index (κ1) is 23.5. The SMILES string of the molecule is CCCCCCCCCCCCCCCC(CC(=O)O)c1ccc(O)cc1. The monoisotopic (exact) mass is 376 g/mol. The molecule has 0 radical (unpaired) electrons. The fraction of sp³-hybridized carbons (Fsp3) is 0.708. The van der Waals surface area contributed by atoms with E-state index in [2.05, 4.69) is 6.92 Å². The van der Waals surface area contributed by atoms with E-state index in [1.807, 2.05) is 12.1 Å². The molecule has 0 aliphatic heterocycles. The van der Waals surface area contributed by atoms with E-state index in [1.54, 1.807) is 12.1 Å². The van der Waals surface area contributed by atoms with E-state index in [9.17, 15) is 9.90 Å². The summed E-state index contributed by atoms with van der Waals surface area (Å²) in [4.78, 5) is 11.1. The molecule has 0 saturated carbocycles. The van der Waals surface area contributed by atoms with Gasteiger partial charge in [0.1, 0.15) is 5.75 Å². The van der Waals surface area contributed by atoms with Gasteiger partial charge in [0, 0.05) is 0 Å². The number of carbonyl (C=O) groups is 1. The maximum Gasteiger partial charge on any atom is 0.303 e. The average Bonchev–Trinajstić information content (AvgIpc) is 2.65. The lowest BCUT2D eigenvalue weighted by Gasteiger charge is -2.15. The predicted octanol–water partition coefficient (Wildman–Crippen LogP) is 7.43. The van der Waals surface area contributed by atoms with Crippen molar-refractivity contribution in [2.45, 2.75) is 109 Å². The van der Waals surface area contributed by atoms with Gasteiger partial charge < -0.3 is 10.2 Å². The van der Waals surface area contributed by atoms with E-state index < -0.39 is 5.97 Å².